The Balaban J connectivity index is 1.48. The summed E-state index contributed by atoms with van der Waals surface area (Å²) in [6, 6.07) is 23.2. The van der Waals surface area contributed by atoms with Crippen molar-refractivity contribution in [2.45, 2.75) is 5.16 Å². The number of para-hydroxylation sites is 1. The highest BCUT2D eigenvalue weighted by Gasteiger charge is 2.17. The molecule has 7 nitrogen and oxygen atoms in total. The molecule has 1 heterocycles. The summed E-state index contributed by atoms with van der Waals surface area (Å²) in [7, 11) is 0. The summed E-state index contributed by atoms with van der Waals surface area (Å²) < 4.78 is 3.62. The van der Waals surface area contributed by atoms with E-state index in [0.717, 1.165) is 18.4 Å². The molecule has 10 heteroatoms. The number of phenolic OH excluding ortho intramolecular Hbond substituents is 1. The van der Waals surface area contributed by atoms with E-state index in [-0.39, 0.29) is 17.4 Å². The summed E-state index contributed by atoms with van der Waals surface area (Å²) >= 11 is 5.49. The molecule has 0 unspecified atom stereocenters. The molecule has 0 spiro atoms. The number of hydrazone groups is 1. The summed E-state index contributed by atoms with van der Waals surface area (Å²) in [5.41, 5.74) is 4.88. The highest BCUT2D eigenvalue weighted by molar-refractivity contribution is 14.1. The minimum absolute atomic E-state index is 0.104. The lowest BCUT2D eigenvalue weighted by atomic mass is 10.2. The SMILES string of the molecule is O=C(CSc1nnc(-c2ccccc2)n1-c1ccccc1)NN=Cc1cc(I)cc(I)c1O. The van der Waals surface area contributed by atoms with Crippen molar-refractivity contribution in [3.8, 4) is 22.8 Å². The highest BCUT2D eigenvalue weighted by Crippen LogP contribution is 2.28. The molecule has 2 N–H and O–H groups in total. The number of amides is 1. The third-order valence-corrected chi connectivity index (χ3v) is 6.84. The second kappa shape index (κ2) is 11.1. The Labute approximate surface area is 222 Å². The fourth-order valence-corrected chi connectivity index (χ4v) is 5.60. The Morgan fingerprint density at radius 1 is 1.06 bits per heavy atom. The van der Waals surface area contributed by atoms with Crippen molar-refractivity contribution in [2.75, 3.05) is 5.75 Å². The number of hydrogen-bond donors (Lipinski definition) is 2. The molecule has 1 aromatic heterocycles. The molecule has 0 aliphatic carbocycles. The molecule has 4 rings (SSSR count). The normalized spacial score (nSPS) is 11.1. The van der Waals surface area contributed by atoms with Crippen molar-refractivity contribution in [1.29, 1.82) is 0 Å². The van der Waals surface area contributed by atoms with Gasteiger partial charge in [0.25, 0.3) is 5.91 Å². The molecule has 0 fully saturated rings. The summed E-state index contributed by atoms with van der Waals surface area (Å²) in [5.74, 6) is 0.645. The summed E-state index contributed by atoms with van der Waals surface area (Å²) in [6.07, 6.45) is 1.43. The standard InChI is InChI=1S/C23H17I2N5O2S/c24-17-11-16(21(32)19(25)12-17)13-26-27-20(31)14-33-23-29-28-22(15-7-3-1-4-8-15)30(23)18-9-5-2-6-10-18/h1-13,32H,14H2,(H,27,31). The first-order valence-corrected chi connectivity index (χ1v) is 12.9. The number of halogens is 2. The van der Waals surface area contributed by atoms with E-state index < -0.39 is 0 Å². The van der Waals surface area contributed by atoms with Crippen LogP contribution >= 0.6 is 56.9 Å². The molecule has 3 aromatic carbocycles. The van der Waals surface area contributed by atoms with Gasteiger partial charge in [0.15, 0.2) is 11.0 Å². The summed E-state index contributed by atoms with van der Waals surface area (Å²) in [5, 5.41) is 23.4. The Morgan fingerprint density at radius 2 is 1.76 bits per heavy atom. The number of aromatic nitrogens is 3. The molecule has 166 valence electrons. The quantitative estimate of drug-likeness (QED) is 0.123. The van der Waals surface area contributed by atoms with E-state index in [4.69, 9.17) is 0 Å². The topological polar surface area (TPSA) is 92.4 Å². The number of phenols is 1. The van der Waals surface area contributed by atoms with Crippen molar-refractivity contribution in [2.24, 2.45) is 5.10 Å². The lowest BCUT2D eigenvalue weighted by Gasteiger charge is -2.10. The van der Waals surface area contributed by atoms with Gasteiger partial charge in [-0.25, -0.2) is 5.43 Å². The molecule has 4 aromatic rings. The van der Waals surface area contributed by atoms with E-state index >= 15 is 0 Å². The van der Waals surface area contributed by atoms with E-state index in [1.165, 1.54) is 18.0 Å². The van der Waals surface area contributed by atoms with E-state index in [1.807, 2.05) is 71.3 Å². The number of nitrogens with zero attached hydrogens (tertiary/aromatic N) is 4. The first kappa shape index (κ1) is 23.7. The number of thioether (sulfide) groups is 1. The zero-order valence-electron chi connectivity index (χ0n) is 17.0. The van der Waals surface area contributed by atoms with Crippen LogP contribution in [0.15, 0.2) is 83.1 Å². The second-order valence-corrected chi connectivity index (χ2v) is 10.1. The first-order valence-electron chi connectivity index (χ1n) is 9.72. The largest absolute Gasteiger partial charge is 0.506 e. The van der Waals surface area contributed by atoms with Gasteiger partial charge in [0.1, 0.15) is 5.75 Å². The molecule has 0 saturated carbocycles. The van der Waals surface area contributed by atoms with E-state index in [9.17, 15) is 9.90 Å². The number of aromatic hydroxyl groups is 1. The van der Waals surface area contributed by atoms with Crippen LogP contribution in [0.2, 0.25) is 0 Å². The molecular weight excluding hydrogens is 664 g/mol. The van der Waals surface area contributed by atoms with Crippen molar-refractivity contribution in [3.05, 3.63) is 85.5 Å². The van der Waals surface area contributed by atoms with Gasteiger partial charge in [-0.15, -0.1) is 10.2 Å². The third kappa shape index (κ3) is 5.92. The van der Waals surface area contributed by atoms with Crippen LogP contribution < -0.4 is 5.43 Å². The maximum absolute atomic E-state index is 12.4. The van der Waals surface area contributed by atoms with Gasteiger partial charge in [-0.05, 0) is 69.4 Å². The Kier molecular flexibility index (Phi) is 7.98. The van der Waals surface area contributed by atoms with Crippen molar-refractivity contribution in [3.63, 3.8) is 0 Å². The van der Waals surface area contributed by atoms with Crippen LogP contribution in [0.3, 0.4) is 0 Å². The lowest BCUT2D eigenvalue weighted by Crippen LogP contribution is -2.20. The Bertz CT molecular complexity index is 1300. The van der Waals surface area contributed by atoms with Crippen LogP contribution in [-0.4, -0.2) is 37.7 Å². The minimum atomic E-state index is -0.292. The summed E-state index contributed by atoms with van der Waals surface area (Å²) in [6.45, 7) is 0. The van der Waals surface area contributed by atoms with Crippen molar-refractivity contribution in [1.82, 2.24) is 20.2 Å². The number of carbonyl (C=O) groups excluding carboxylic acids is 1. The van der Waals surface area contributed by atoms with Gasteiger partial charge in [0.05, 0.1) is 15.5 Å². The van der Waals surface area contributed by atoms with Gasteiger partial charge in [0.2, 0.25) is 0 Å². The lowest BCUT2D eigenvalue weighted by molar-refractivity contribution is -0.118. The molecule has 0 aliphatic rings. The second-order valence-electron chi connectivity index (χ2n) is 6.75. The van der Waals surface area contributed by atoms with Gasteiger partial charge in [-0.3, -0.25) is 9.36 Å². The molecule has 33 heavy (non-hydrogen) atoms. The highest BCUT2D eigenvalue weighted by atomic mass is 127. The smallest absolute Gasteiger partial charge is 0.250 e. The zero-order chi connectivity index (χ0) is 23.2. The van der Waals surface area contributed by atoms with Gasteiger partial charge in [0, 0.05) is 20.4 Å². The van der Waals surface area contributed by atoms with Crippen LogP contribution in [0.5, 0.6) is 5.75 Å². The predicted octanol–water partition coefficient (Wildman–Crippen LogP) is 5.09. The van der Waals surface area contributed by atoms with Crippen LogP contribution in [0.4, 0.5) is 0 Å². The van der Waals surface area contributed by atoms with Crippen LogP contribution in [-0.2, 0) is 4.79 Å². The number of hydrogen-bond acceptors (Lipinski definition) is 6. The van der Waals surface area contributed by atoms with Gasteiger partial charge in [-0.2, -0.15) is 5.10 Å². The fourth-order valence-electron chi connectivity index (χ4n) is 2.97. The van der Waals surface area contributed by atoms with E-state index in [2.05, 4.69) is 65.9 Å². The number of nitrogens with one attached hydrogen (secondary N) is 1. The average molecular weight is 681 g/mol. The third-order valence-electron chi connectivity index (χ3n) is 4.46. The van der Waals surface area contributed by atoms with Crippen LogP contribution in [0.25, 0.3) is 17.1 Å². The van der Waals surface area contributed by atoms with Crippen LogP contribution in [0, 0.1) is 7.14 Å². The predicted molar refractivity (Wildman–Crippen MR) is 147 cm³/mol. The number of rotatable bonds is 7. The fraction of sp³-hybridized carbons (Fsp3) is 0.0435. The molecule has 0 radical (unpaired) electrons. The zero-order valence-corrected chi connectivity index (χ0v) is 22.2. The molecule has 0 saturated heterocycles. The van der Waals surface area contributed by atoms with Crippen molar-refractivity contribution >= 4 is 69.1 Å². The first-order chi connectivity index (χ1) is 16.0. The minimum Gasteiger partial charge on any atom is -0.506 e. The van der Waals surface area contributed by atoms with Crippen LogP contribution in [0.1, 0.15) is 5.56 Å². The summed E-state index contributed by atoms with van der Waals surface area (Å²) in [4.78, 5) is 12.4. The molecular formula is C23H17I2N5O2S. The molecule has 1 amide bonds. The molecule has 0 aliphatic heterocycles. The monoisotopic (exact) mass is 681 g/mol. The molecule has 0 atom stereocenters. The maximum atomic E-state index is 12.4. The number of carbonyl (C=O) groups is 1. The number of benzene rings is 3. The van der Waals surface area contributed by atoms with Gasteiger partial charge < -0.3 is 5.11 Å². The average Bonchev–Trinajstić information content (AvgIpc) is 3.26. The Morgan fingerprint density at radius 3 is 2.48 bits per heavy atom. The molecule has 0 bridgehead atoms. The van der Waals surface area contributed by atoms with Gasteiger partial charge >= 0.3 is 0 Å². The van der Waals surface area contributed by atoms with E-state index in [0.29, 0.717) is 16.5 Å². The maximum Gasteiger partial charge on any atom is 0.250 e. The van der Waals surface area contributed by atoms with E-state index in [1.54, 1.807) is 6.07 Å². The van der Waals surface area contributed by atoms with Gasteiger partial charge in [-0.1, -0.05) is 60.3 Å². The Hall–Kier alpha value is -2.45. The van der Waals surface area contributed by atoms with Crippen molar-refractivity contribution < 1.29 is 9.90 Å².